The zero-order valence-corrected chi connectivity index (χ0v) is 14.0. The normalized spacial score (nSPS) is 12.3. The largest absolute Gasteiger partial charge is 0.341 e. The molecule has 0 unspecified atom stereocenters. The van der Waals surface area contributed by atoms with Crippen molar-refractivity contribution in [3.63, 3.8) is 0 Å². The standard InChI is InChI=1S/C18H19N3OS/c1-12-6-5-7-14(10-12)19-17(22)11-23-13(2)18-20-15-8-3-4-9-16(15)21-18/h3-10,13H,11H2,1-2H3,(H,19,22)(H,20,21)/t13-/m1/s1. The second-order valence-corrected chi connectivity index (χ2v) is 6.84. The first-order chi connectivity index (χ1) is 11.1. The van der Waals surface area contributed by atoms with Crippen LogP contribution >= 0.6 is 11.8 Å². The van der Waals surface area contributed by atoms with Crippen LogP contribution in [-0.4, -0.2) is 21.6 Å². The molecule has 0 aliphatic heterocycles. The number of carbonyl (C=O) groups excluding carboxylic acids is 1. The summed E-state index contributed by atoms with van der Waals surface area (Å²) in [5, 5.41) is 3.06. The molecule has 2 N–H and O–H groups in total. The predicted octanol–water partition coefficient (Wildman–Crippen LogP) is 4.30. The van der Waals surface area contributed by atoms with Crippen molar-refractivity contribution in [2.75, 3.05) is 11.1 Å². The van der Waals surface area contributed by atoms with Crippen LogP contribution < -0.4 is 5.32 Å². The Bertz CT molecular complexity index is 795. The van der Waals surface area contributed by atoms with Crippen LogP contribution in [0.4, 0.5) is 5.69 Å². The first-order valence-electron chi connectivity index (χ1n) is 7.54. The van der Waals surface area contributed by atoms with Crippen molar-refractivity contribution in [2.45, 2.75) is 19.1 Å². The molecule has 3 rings (SSSR count). The molecule has 0 aliphatic rings. The van der Waals surface area contributed by atoms with Crippen LogP contribution in [0.5, 0.6) is 0 Å². The molecule has 0 radical (unpaired) electrons. The topological polar surface area (TPSA) is 57.8 Å². The molecule has 2 aromatic carbocycles. The predicted molar refractivity (Wildman–Crippen MR) is 96.8 cm³/mol. The highest BCUT2D eigenvalue weighted by Gasteiger charge is 2.13. The number of rotatable bonds is 5. The van der Waals surface area contributed by atoms with Crippen LogP contribution in [-0.2, 0) is 4.79 Å². The fraction of sp³-hybridized carbons (Fsp3) is 0.222. The van der Waals surface area contributed by atoms with E-state index >= 15 is 0 Å². The van der Waals surface area contributed by atoms with E-state index in [2.05, 4.69) is 22.2 Å². The van der Waals surface area contributed by atoms with Gasteiger partial charge in [-0.05, 0) is 43.7 Å². The quantitative estimate of drug-likeness (QED) is 0.735. The van der Waals surface area contributed by atoms with E-state index < -0.39 is 0 Å². The summed E-state index contributed by atoms with van der Waals surface area (Å²) >= 11 is 1.57. The van der Waals surface area contributed by atoms with Gasteiger partial charge in [-0.1, -0.05) is 24.3 Å². The fourth-order valence-electron chi connectivity index (χ4n) is 2.36. The first-order valence-corrected chi connectivity index (χ1v) is 8.59. The zero-order chi connectivity index (χ0) is 16.2. The molecule has 1 atom stereocenters. The summed E-state index contributed by atoms with van der Waals surface area (Å²) in [5.74, 6) is 1.30. The summed E-state index contributed by atoms with van der Waals surface area (Å²) in [4.78, 5) is 20.0. The molecule has 1 amide bonds. The number of nitrogens with one attached hydrogen (secondary N) is 2. The number of para-hydroxylation sites is 2. The van der Waals surface area contributed by atoms with Gasteiger partial charge in [-0.2, -0.15) is 0 Å². The highest BCUT2D eigenvalue weighted by molar-refractivity contribution is 8.00. The van der Waals surface area contributed by atoms with Crippen molar-refractivity contribution in [3.8, 4) is 0 Å². The van der Waals surface area contributed by atoms with Gasteiger partial charge in [0.15, 0.2) is 0 Å². The Morgan fingerprint density at radius 1 is 1.26 bits per heavy atom. The van der Waals surface area contributed by atoms with Gasteiger partial charge in [0.2, 0.25) is 5.91 Å². The Hall–Kier alpha value is -2.27. The minimum atomic E-state index is 0.00330. The summed E-state index contributed by atoms with van der Waals surface area (Å²) in [7, 11) is 0. The average Bonchev–Trinajstić information content (AvgIpc) is 2.97. The van der Waals surface area contributed by atoms with Crippen molar-refractivity contribution in [2.24, 2.45) is 0 Å². The minimum absolute atomic E-state index is 0.00330. The number of anilines is 1. The SMILES string of the molecule is Cc1cccc(NC(=O)CS[C@H](C)c2nc3ccccc3[nH]2)c1. The van der Waals surface area contributed by atoms with Gasteiger partial charge in [0.25, 0.3) is 0 Å². The van der Waals surface area contributed by atoms with Crippen LogP contribution in [0.2, 0.25) is 0 Å². The average molecular weight is 325 g/mol. The van der Waals surface area contributed by atoms with E-state index in [1.807, 2.05) is 55.5 Å². The number of benzene rings is 2. The zero-order valence-electron chi connectivity index (χ0n) is 13.2. The molecule has 0 aliphatic carbocycles. The molecular formula is C18H19N3OS. The third-order valence-corrected chi connectivity index (χ3v) is 4.71. The fourth-order valence-corrected chi connectivity index (χ4v) is 3.11. The maximum absolute atomic E-state index is 12.1. The van der Waals surface area contributed by atoms with Gasteiger partial charge < -0.3 is 10.3 Å². The molecule has 5 heteroatoms. The number of aryl methyl sites for hydroxylation is 1. The second-order valence-electron chi connectivity index (χ2n) is 5.51. The molecule has 3 aromatic rings. The number of imidazole rings is 1. The molecule has 0 spiro atoms. The number of aromatic amines is 1. The number of carbonyl (C=O) groups is 1. The highest BCUT2D eigenvalue weighted by Crippen LogP contribution is 2.27. The number of amides is 1. The third kappa shape index (κ3) is 3.93. The summed E-state index contributed by atoms with van der Waals surface area (Å²) in [6.07, 6.45) is 0. The van der Waals surface area contributed by atoms with Gasteiger partial charge in [-0.3, -0.25) is 4.79 Å². The van der Waals surface area contributed by atoms with Crippen molar-refractivity contribution >= 4 is 34.4 Å². The van der Waals surface area contributed by atoms with E-state index in [4.69, 9.17) is 0 Å². The maximum atomic E-state index is 12.1. The molecule has 0 fully saturated rings. The van der Waals surface area contributed by atoms with Crippen LogP contribution in [0, 0.1) is 6.92 Å². The van der Waals surface area contributed by atoms with E-state index in [0.29, 0.717) is 5.75 Å². The lowest BCUT2D eigenvalue weighted by atomic mass is 10.2. The Kier molecular flexibility index (Phi) is 4.67. The summed E-state index contributed by atoms with van der Waals surface area (Å²) in [5.41, 5.74) is 3.96. The number of hydrogen-bond donors (Lipinski definition) is 2. The molecule has 0 bridgehead atoms. The Balaban J connectivity index is 1.57. The monoisotopic (exact) mass is 325 g/mol. The van der Waals surface area contributed by atoms with Gasteiger partial charge in [0, 0.05) is 5.69 Å². The van der Waals surface area contributed by atoms with Gasteiger partial charge in [0.05, 0.1) is 22.0 Å². The highest BCUT2D eigenvalue weighted by atomic mass is 32.2. The lowest BCUT2D eigenvalue weighted by Crippen LogP contribution is -2.14. The van der Waals surface area contributed by atoms with Crippen molar-refractivity contribution in [1.82, 2.24) is 9.97 Å². The van der Waals surface area contributed by atoms with Crippen molar-refractivity contribution in [3.05, 3.63) is 59.9 Å². The second kappa shape index (κ2) is 6.87. The van der Waals surface area contributed by atoms with Gasteiger partial charge >= 0.3 is 0 Å². The Morgan fingerprint density at radius 3 is 2.87 bits per heavy atom. The van der Waals surface area contributed by atoms with Crippen molar-refractivity contribution in [1.29, 1.82) is 0 Å². The van der Waals surface area contributed by atoms with Crippen LogP contribution in [0.15, 0.2) is 48.5 Å². The number of nitrogens with zero attached hydrogens (tertiary/aromatic N) is 1. The van der Waals surface area contributed by atoms with E-state index in [9.17, 15) is 4.79 Å². The molecule has 1 aromatic heterocycles. The van der Waals surface area contributed by atoms with E-state index in [-0.39, 0.29) is 11.2 Å². The third-order valence-electron chi connectivity index (χ3n) is 3.56. The van der Waals surface area contributed by atoms with E-state index in [0.717, 1.165) is 28.1 Å². The first kappa shape index (κ1) is 15.6. The Morgan fingerprint density at radius 2 is 2.09 bits per heavy atom. The number of fused-ring (bicyclic) bond motifs is 1. The van der Waals surface area contributed by atoms with Gasteiger partial charge in [-0.25, -0.2) is 4.98 Å². The molecule has 1 heterocycles. The Labute approximate surface area is 139 Å². The minimum Gasteiger partial charge on any atom is -0.341 e. The number of hydrogen-bond acceptors (Lipinski definition) is 3. The summed E-state index contributed by atoms with van der Waals surface area (Å²) in [6.45, 7) is 4.07. The molecule has 0 saturated carbocycles. The van der Waals surface area contributed by atoms with Crippen molar-refractivity contribution < 1.29 is 4.79 Å². The van der Waals surface area contributed by atoms with E-state index in [1.54, 1.807) is 11.8 Å². The number of aromatic nitrogens is 2. The van der Waals surface area contributed by atoms with Gasteiger partial charge in [-0.15, -0.1) is 11.8 Å². The summed E-state index contributed by atoms with van der Waals surface area (Å²) in [6, 6.07) is 15.8. The molecular weight excluding hydrogens is 306 g/mol. The van der Waals surface area contributed by atoms with Crippen LogP contribution in [0.1, 0.15) is 23.6 Å². The molecule has 0 saturated heterocycles. The lowest BCUT2D eigenvalue weighted by Gasteiger charge is -2.09. The number of thioether (sulfide) groups is 1. The lowest BCUT2D eigenvalue weighted by molar-refractivity contribution is -0.113. The molecule has 118 valence electrons. The number of H-pyrrole nitrogens is 1. The molecule has 23 heavy (non-hydrogen) atoms. The van der Waals surface area contributed by atoms with Gasteiger partial charge in [0.1, 0.15) is 5.82 Å². The molecule has 4 nitrogen and oxygen atoms in total. The van der Waals surface area contributed by atoms with E-state index in [1.165, 1.54) is 0 Å². The van der Waals surface area contributed by atoms with Crippen LogP contribution in [0.25, 0.3) is 11.0 Å². The smallest absolute Gasteiger partial charge is 0.234 e. The maximum Gasteiger partial charge on any atom is 0.234 e. The van der Waals surface area contributed by atoms with Crippen LogP contribution in [0.3, 0.4) is 0 Å². The summed E-state index contributed by atoms with van der Waals surface area (Å²) < 4.78 is 0.